The van der Waals surface area contributed by atoms with E-state index >= 15 is 0 Å². The smallest absolute Gasteiger partial charge is 0.125 e. The average molecular weight is 338 g/mol. The van der Waals surface area contributed by atoms with Gasteiger partial charge in [0.1, 0.15) is 5.75 Å². The van der Waals surface area contributed by atoms with Gasteiger partial charge in [-0.1, -0.05) is 35.7 Å². The zero-order valence-corrected chi connectivity index (χ0v) is 13.9. The van der Waals surface area contributed by atoms with Crippen molar-refractivity contribution in [2.24, 2.45) is 0 Å². The molecule has 1 fully saturated rings. The Morgan fingerprint density at radius 2 is 2.20 bits per heavy atom. The minimum atomic E-state index is 0.261. The van der Waals surface area contributed by atoms with Crippen LogP contribution in [0.4, 0.5) is 0 Å². The summed E-state index contributed by atoms with van der Waals surface area (Å²) in [6.45, 7) is 4.31. The fourth-order valence-electron chi connectivity index (χ4n) is 3.63. The largest absolute Gasteiger partial charge is 0.493 e. The molecule has 3 heteroatoms. The highest BCUT2D eigenvalue weighted by atomic mass is 79.9. The summed E-state index contributed by atoms with van der Waals surface area (Å²) in [5.41, 5.74) is 3.01. The first-order chi connectivity index (χ1) is 9.72. The maximum atomic E-state index is 5.90. The number of ether oxygens (including phenoxy) is 1. The van der Waals surface area contributed by atoms with Crippen LogP contribution in [0.15, 0.2) is 16.6 Å². The van der Waals surface area contributed by atoms with Crippen LogP contribution in [0.5, 0.6) is 5.75 Å². The van der Waals surface area contributed by atoms with Crippen LogP contribution in [0.2, 0.25) is 0 Å². The van der Waals surface area contributed by atoms with Crippen molar-refractivity contribution < 1.29 is 4.74 Å². The molecule has 0 aliphatic carbocycles. The first-order valence-corrected chi connectivity index (χ1v) is 8.71. The van der Waals surface area contributed by atoms with Gasteiger partial charge < -0.3 is 10.1 Å². The van der Waals surface area contributed by atoms with Crippen LogP contribution in [0.1, 0.15) is 50.2 Å². The van der Waals surface area contributed by atoms with E-state index in [4.69, 9.17) is 4.74 Å². The Kier molecular flexibility index (Phi) is 4.37. The van der Waals surface area contributed by atoms with Gasteiger partial charge in [-0.05, 0) is 55.5 Å². The van der Waals surface area contributed by atoms with Gasteiger partial charge in [-0.25, -0.2) is 0 Å². The van der Waals surface area contributed by atoms with Crippen LogP contribution >= 0.6 is 15.9 Å². The minimum Gasteiger partial charge on any atom is -0.493 e. The van der Waals surface area contributed by atoms with E-state index in [0.717, 1.165) is 31.7 Å². The second kappa shape index (κ2) is 6.07. The quantitative estimate of drug-likeness (QED) is 0.890. The van der Waals surface area contributed by atoms with Crippen LogP contribution in [-0.2, 0) is 12.8 Å². The van der Waals surface area contributed by atoms with Gasteiger partial charge in [-0.3, -0.25) is 0 Å². The van der Waals surface area contributed by atoms with Gasteiger partial charge in [0, 0.05) is 16.4 Å². The summed E-state index contributed by atoms with van der Waals surface area (Å²) in [4.78, 5) is 0. The van der Waals surface area contributed by atoms with Gasteiger partial charge in [0.05, 0.1) is 6.61 Å². The molecule has 0 amide bonds. The summed E-state index contributed by atoms with van der Waals surface area (Å²) in [5, 5.41) is 3.83. The molecule has 1 aromatic carbocycles. The molecule has 20 heavy (non-hydrogen) atoms. The first-order valence-electron chi connectivity index (χ1n) is 7.91. The van der Waals surface area contributed by atoms with Crippen LogP contribution in [-0.4, -0.2) is 18.7 Å². The molecule has 0 radical (unpaired) electrons. The molecular formula is C17H24BrNO. The second-order valence-corrected chi connectivity index (χ2v) is 7.12. The maximum absolute atomic E-state index is 5.90. The Morgan fingerprint density at radius 1 is 1.30 bits per heavy atom. The highest BCUT2D eigenvalue weighted by Gasteiger charge is 2.31. The molecule has 1 N–H and O–H groups in total. The number of fused-ring (bicyclic) bond motifs is 1. The highest BCUT2D eigenvalue weighted by molar-refractivity contribution is 9.10. The zero-order chi connectivity index (χ0) is 14.0. The monoisotopic (exact) mass is 337 g/mol. The van der Waals surface area contributed by atoms with E-state index in [2.05, 4.69) is 40.3 Å². The predicted octanol–water partition coefficient (Wildman–Crippen LogP) is 4.24. The van der Waals surface area contributed by atoms with Crippen molar-refractivity contribution in [3.63, 3.8) is 0 Å². The molecule has 2 nitrogen and oxygen atoms in total. The Labute approximate surface area is 130 Å². The highest BCUT2D eigenvalue weighted by Crippen LogP contribution is 2.37. The third-order valence-corrected chi connectivity index (χ3v) is 5.32. The number of nitrogens with one attached hydrogen (secondary N) is 1. The van der Waals surface area contributed by atoms with Gasteiger partial charge in [0.15, 0.2) is 0 Å². The molecule has 1 aromatic rings. The number of benzene rings is 1. The summed E-state index contributed by atoms with van der Waals surface area (Å²) >= 11 is 3.66. The molecule has 3 rings (SSSR count). The second-order valence-electron chi connectivity index (χ2n) is 6.20. The van der Waals surface area contributed by atoms with E-state index in [0.29, 0.717) is 0 Å². The summed E-state index contributed by atoms with van der Waals surface area (Å²) in [5.74, 6) is 1.16. The van der Waals surface area contributed by atoms with Crippen molar-refractivity contribution in [1.82, 2.24) is 5.32 Å². The zero-order valence-electron chi connectivity index (χ0n) is 12.3. The summed E-state index contributed by atoms with van der Waals surface area (Å²) in [6, 6.07) is 4.47. The Bertz CT molecular complexity index is 478. The number of hydrogen-bond acceptors (Lipinski definition) is 2. The lowest BCUT2D eigenvalue weighted by atomic mass is 9.83. The van der Waals surface area contributed by atoms with E-state index in [1.165, 1.54) is 47.7 Å². The molecule has 2 heterocycles. The lowest BCUT2D eigenvalue weighted by Crippen LogP contribution is -2.46. The molecule has 0 saturated carbocycles. The maximum Gasteiger partial charge on any atom is 0.125 e. The molecule has 1 saturated heterocycles. The fraction of sp³-hybridized carbons (Fsp3) is 0.647. The van der Waals surface area contributed by atoms with E-state index in [-0.39, 0.29) is 5.54 Å². The average Bonchev–Trinajstić information content (AvgIpc) is 2.78. The van der Waals surface area contributed by atoms with Crippen molar-refractivity contribution in [3.8, 4) is 5.75 Å². The first kappa shape index (κ1) is 14.4. The summed E-state index contributed by atoms with van der Waals surface area (Å²) in [6.07, 6.45) is 8.63. The normalized spacial score (nSPS) is 25.9. The molecule has 0 aromatic heterocycles. The molecule has 0 bridgehead atoms. The number of halogens is 1. The Balaban J connectivity index is 1.89. The standard InChI is InChI=1S/C17H24BrNO/c1-2-17(7-4-3-5-8-19-17)12-14-11-15(18)10-13-6-9-20-16(13)14/h10-11,19H,2-9,12H2,1H3. The molecule has 2 aliphatic rings. The lowest BCUT2D eigenvalue weighted by molar-refractivity contribution is 0.294. The minimum absolute atomic E-state index is 0.261. The Hall–Kier alpha value is -0.540. The summed E-state index contributed by atoms with van der Waals surface area (Å²) < 4.78 is 7.09. The number of rotatable bonds is 3. The van der Waals surface area contributed by atoms with Crippen molar-refractivity contribution in [2.45, 2.75) is 57.4 Å². The Morgan fingerprint density at radius 3 is 3.05 bits per heavy atom. The van der Waals surface area contributed by atoms with Crippen LogP contribution in [0.25, 0.3) is 0 Å². The van der Waals surface area contributed by atoms with Gasteiger partial charge in [-0.15, -0.1) is 0 Å². The third-order valence-electron chi connectivity index (χ3n) is 4.86. The van der Waals surface area contributed by atoms with Crippen LogP contribution in [0, 0.1) is 0 Å². The van der Waals surface area contributed by atoms with Crippen molar-refractivity contribution >= 4 is 15.9 Å². The van der Waals surface area contributed by atoms with E-state index in [1.54, 1.807) is 0 Å². The van der Waals surface area contributed by atoms with Gasteiger partial charge >= 0.3 is 0 Å². The fourth-order valence-corrected chi connectivity index (χ4v) is 4.18. The van der Waals surface area contributed by atoms with E-state index in [9.17, 15) is 0 Å². The van der Waals surface area contributed by atoms with Crippen molar-refractivity contribution in [3.05, 3.63) is 27.7 Å². The van der Waals surface area contributed by atoms with Gasteiger partial charge in [-0.2, -0.15) is 0 Å². The molecule has 1 atom stereocenters. The van der Waals surface area contributed by atoms with Crippen LogP contribution < -0.4 is 10.1 Å². The third kappa shape index (κ3) is 2.89. The molecule has 1 unspecified atom stereocenters. The van der Waals surface area contributed by atoms with Crippen molar-refractivity contribution in [1.29, 1.82) is 0 Å². The lowest BCUT2D eigenvalue weighted by Gasteiger charge is -2.33. The van der Waals surface area contributed by atoms with Gasteiger partial charge in [0.2, 0.25) is 0 Å². The molecule has 110 valence electrons. The van der Waals surface area contributed by atoms with E-state index in [1.807, 2.05) is 0 Å². The molecule has 0 spiro atoms. The summed E-state index contributed by atoms with van der Waals surface area (Å²) in [7, 11) is 0. The molecular weight excluding hydrogens is 314 g/mol. The van der Waals surface area contributed by atoms with Crippen molar-refractivity contribution in [2.75, 3.05) is 13.2 Å². The van der Waals surface area contributed by atoms with Crippen LogP contribution in [0.3, 0.4) is 0 Å². The van der Waals surface area contributed by atoms with Gasteiger partial charge in [0.25, 0.3) is 0 Å². The molecule has 2 aliphatic heterocycles. The topological polar surface area (TPSA) is 21.3 Å². The van der Waals surface area contributed by atoms with E-state index < -0.39 is 0 Å². The number of hydrogen-bond donors (Lipinski definition) is 1. The predicted molar refractivity (Wildman–Crippen MR) is 86.5 cm³/mol. The SMILES string of the molecule is CCC1(Cc2cc(Br)cc3c2OCC3)CCCCCN1.